The lowest BCUT2D eigenvalue weighted by Crippen LogP contribution is -2.00. The standard InChI is InChI=1S/C16H11BrFNO2/c17-10-3-6-14-12(7-10)13(8-15(20)21)16(19-14)9-1-4-11(18)5-2-9/h1-7,19H,8H2,(H,20,21). The fraction of sp³-hybridized carbons (Fsp3) is 0.0625. The highest BCUT2D eigenvalue weighted by Crippen LogP contribution is 2.32. The van der Waals surface area contributed by atoms with Crippen LogP contribution in [0, 0.1) is 5.82 Å². The molecule has 106 valence electrons. The molecule has 2 N–H and O–H groups in total. The summed E-state index contributed by atoms with van der Waals surface area (Å²) in [5, 5.41) is 10.00. The Morgan fingerprint density at radius 1 is 1.19 bits per heavy atom. The number of H-pyrrole nitrogens is 1. The molecule has 0 spiro atoms. The van der Waals surface area contributed by atoms with E-state index in [0.717, 1.165) is 20.9 Å². The second-order valence-corrected chi connectivity index (χ2v) is 5.66. The number of fused-ring (bicyclic) bond motifs is 1. The van der Waals surface area contributed by atoms with Gasteiger partial charge < -0.3 is 10.1 Å². The van der Waals surface area contributed by atoms with Gasteiger partial charge in [-0.15, -0.1) is 0 Å². The Morgan fingerprint density at radius 2 is 1.90 bits per heavy atom. The topological polar surface area (TPSA) is 53.1 Å². The van der Waals surface area contributed by atoms with E-state index < -0.39 is 5.97 Å². The Morgan fingerprint density at radius 3 is 2.57 bits per heavy atom. The molecule has 0 bridgehead atoms. The van der Waals surface area contributed by atoms with Gasteiger partial charge in [0.25, 0.3) is 0 Å². The summed E-state index contributed by atoms with van der Waals surface area (Å²) in [6, 6.07) is 11.7. The average Bonchev–Trinajstić information content (AvgIpc) is 2.77. The zero-order valence-electron chi connectivity index (χ0n) is 10.9. The number of nitrogens with one attached hydrogen (secondary N) is 1. The van der Waals surface area contributed by atoms with Crippen molar-refractivity contribution in [3.8, 4) is 11.3 Å². The van der Waals surface area contributed by atoms with Crippen LogP contribution in [-0.2, 0) is 11.2 Å². The van der Waals surface area contributed by atoms with Gasteiger partial charge in [-0.3, -0.25) is 4.79 Å². The van der Waals surface area contributed by atoms with Crippen LogP contribution in [0.3, 0.4) is 0 Å². The zero-order valence-corrected chi connectivity index (χ0v) is 12.4. The van der Waals surface area contributed by atoms with Gasteiger partial charge >= 0.3 is 5.97 Å². The molecular formula is C16H11BrFNO2. The van der Waals surface area contributed by atoms with Gasteiger partial charge in [-0.05, 0) is 53.6 Å². The van der Waals surface area contributed by atoms with Crippen molar-refractivity contribution in [1.29, 1.82) is 0 Å². The van der Waals surface area contributed by atoms with Crippen molar-refractivity contribution >= 4 is 32.8 Å². The first kappa shape index (κ1) is 13.8. The molecule has 0 aliphatic carbocycles. The number of aromatic nitrogens is 1. The smallest absolute Gasteiger partial charge is 0.307 e. The molecule has 3 aromatic rings. The number of carboxylic acid groups (broad SMARTS) is 1. The van der Waals surface area contributed by atoms with Crippen molar-refractivity contribution in [2.45, 2.75) is 6.42 Å². The first-order chi connectivity index (χ1) is 10.0. The van der Waals surface area contributed by atoms with Crippen LogP contribution in [0.2, 0.25) is 0 Å². The van der Waals surface area contributed by atoms with E-state index in [9.17, 15) is 9.18 Å². The van der Waals surface area contributed by atoms with Crippen molar-refractivity contribution in [2.75, 3.05) is 0 Å². The number of halogens is 2. The molecule has 0 fully saturated rings. The summed E-state index contributed by atoms with van der Waals surface area (Å²) in [6.45, 7) is 0. The normalized spacial score (nSPS) is 11.0. The van der Waals surface area contributed by atoms with Crippen LogP contribution in [0.1, 0.15) is 5.56 Å². The maximum absolute atomic E-state index is 13.1. The zero-order chi connectivity index (χ0) is 15.0. The highest BCUT2D eigenvalue weighted by molar-refractivity contribution is 9.10. The Hall–Kier alpha value is -2.14. The van der Waals surface area contributed by atoms with Gasteiger partial charge in [-0.1, -0.05) is 15.9 Å². The molecular weight excluding hydrogens is 337 g/mol. The van der Waals surface area contributed by atoms with Gasteiger partial charge in [-0.25, -0.2) is 4.39 Å². The lowest BCUT2D eigenvalue weighted by Gasteiger charge is -2.03. The van der Waals surface area contributed by atoms with Gasteiger partial charge in [0, 0.05) is 15.4 Å². The Balaban J connectivity index is 2.25. The van der Waals surface area contributed by atoms with Gasteiger partial charge in [0.05, 0.1) is 12.1 Å². The molecule has 1 aromatic heterocycles. The molecule has 0 aliphatic heterocycles. The fourth-order valence-electron chi connectivity index (χ4n) is 2.42. The highest BCUT2D eigenvalue weighted by Gasteiger charge is 2.16. The third-order valence-corrected chi connectivity index (χ3v) is 3.82. The van der Waals surface area contributed by atoms with Crippen molar-refractivity contribution in [3.63, 3.8) is 0 Å². The van der Waals surface area contributed by atoms with Crippen molar-refractivity contribution in [2.24, 2.45) is 0 Å². The molecule has 1 heterocycles. The SMILES string of the molecule is O=C(O)Cc1c(-c2ccc(F)cc2)[nH]c2ccc(Br)cc12. The number of hydrogen-bond acceptors (Lipinski definition) is 1. The van der Waals surface area contributed by atoms with Crippen molar-refractivity contribution in [3.05, 3.63) is 58.3 Å². The summed E-state index contributed by atoms with van der Waals surface area (Å²) < 4.78 is 13.9. The van der Waals surface area contributed by atoms with Crippen LogP contribution in [0.5, 0.6) is 0 Å². The molecule has 2 aromatic carbocycles. The number of hydrogen-bond donors (Lipinski definition) is 2. The number of rotatable bonds is 3. The number of benzene rings is 2. The number of carbonyl (C=O) groups is 1. The molecule has 0 aliphatic rings. The minimum absolute atomic E-state index is 0.0941. The second kappa shape index (κ2) is 5.33. The van der Waals surface area contributed by atoms with Gasteiger partial charge in [0.1, 0.15) is 5.82 Å². The second-order valence-electron chi connectivity index (χ2n) is 4.75. The van der Waals surface area contributed by atoms with Crippen LogP contribution in [0.4, 0.5) is 4.39 Å². The van der Waals surface area contributed by atoms with Gasteiger partial charge in [0.15, 0.2) is 0 Å². The molecule has 0 unspecified atom stereocenters. The van der Waals surface area contributed by atoms with E-state index in [1.165, 1.54) is 12.1 Å². The van der Waals surface area contributed by atoms with Crippen LogP contribution in [0.15, 0.2) is 46.9 Å². The quantitative estimate of drug-likeness (QED) is 0.739. The Labute approximate surface area is 128 Å². The molecule has 3 nitrogen and oxygen atoms in total. The largest absolute Gasteiger partial charge is 0.481 e. The van der Waals surface area contributed by atoms with E-state index in [1.54, 1.807) is 12.1 Å². The summed E-state index contributed by atoms with van der Waals surface area (Å²) >= 11 is 3.40. The third kappa shape index (κ3) is 2.69. The van der Waals surface area contributed by atoms with Gasteiger partial charge in [0.2, 0.25) is 0 Å². The lowest BCUT2D eigenvalue weighted by molar-refractivity contribution is -0.136. The minimum Gasteiger partial charge on any atom is -0.481 e. The lowest BCUT2D eigenvalue weighted by atomic mass is 10.0. The Kier molecular flexibility index (Phi) is 3.51. The predicted molar refractivity (Wildman–Crippen MR) is 82.7 cm³/mol. The van der Waals surface area contributed by atoms with Crippen molar-refractivity contribution < 1.29 is 14.3 Å². The number of aromatic amines is 1. The molecule has 3 rings (SSSR count). The van der Waals surface area contributed by atoms with Crippen LogP contribution >= 0.6 is 15.9 Å². The van der Waals surface area contributed by atoms with E-state index in [-0.39, 0.29) is 12.2 Å². The van der Waals surface area contributed by atoms with E-state index in [2.05, 4.69) is 20.9 Å². The predicted octanol–water partition coefficient (Wildman–Crippen LogP) is 4.36. The monoisotopic (exact) mass is 347 g/mol. The fourth-order valence-corrected chi connectivity index (χ4v) is 2.78. The highest BCUT2D eigenvalue weighted by atomic mass is 79.9. The van der Waals surface area contributed by atoms with Crippen LogP contribution in [-0.4, -0.2) is 16.1 Å². The first-order valence-electron chi connectivity index (χ1n) is 6.32. The summed E-state index contributed by atoms with van der Waals surface area (Å²) in [7, 11) is 0. The summed E-state index contributed by atoms with van der Waals surface area (Å²) in [5.74, 6) is -1.23. The number of carboxylic acids is 1. The molecule has 0 saturated carbocycles. The van der Waals surface area contributed by atoms with E-state index in [4.69, 9.17) is 5.11 Å². The summed E-state index contributed by atoms with van der Waals surface area (Å²) in [5.41, 5.74) is 3.03. The maximum Gasteiger partial charge on any atom is 0.307 e. The van der Waals surface area contributed by atoms with Crippen LogP contribution in [0.25, 0.3) is 22.2 Å². The minimum atomic E-state index is -0.903. The third-order valence-electron chi connectivity index (χ3n) is 3.33. The van der Waals surface area contributed by atoms with E-state index >= 15 is 0 Å². The van der Waals surface area contributed by atoms with Gasteiger partial charge in [-0.2, -0.15) is 0 Å². The first-order valence-corrected chi connectivity index (χ1v) is 7.12. The van der Waals surface area contributed by atoms with Crippen LogP contribution < -0.4 is 0 Å². The summed E-state index contributed by atoms with van der Waals surface area (Å²) in [6.07, 6.45) is -0.0941. The molecule has 0 saturated heterocycles. The van der Waals surface area contributed by atoms with Crippen molar-refractivity contribution in [1.82, 2.24) is 4.98 Å². The maximum atomic E-state index is 13.1. The van der Waals surface area contributed by atoms with E-state index in [0.29, 0.717) is 11.3 Å². The molecule has 0 radical (unpaired) electrons. The summed E-state index contributed by atoms with van der Waals surface area (Å²) in [4.78, 5) is 14.4. The van der Waals surface area contributed by atoms with E-state index in [1.807, 2.05) is 18.2 Å². The molecule has 21 heavy (non-hydrogen) atoms. The number of aliphatic carboxylic acids is 1. The molecule has 0 atom stereocenters. The average molecular weight is 348 g/mol. The molecule has 5 heteroatoms. The Bertz CT molecular complexity index is 824. The molecule has 0 amide bonds.